The van der Waals surface area contributed by atoms with Gasteiger partial charge in [0.15, 0.2) is 23.1 Å². The molecule has 0 bridgehead atoms. The van der Waals surface area contributed by atoms with Gasteiger partial charge in [0.1, 0.15) is 5.52 Å². The molecule has 3 heterocycles. The Labute approximate surface area is 204 Å². The van der Waals surface area contributed by atoms with E-state index < -0.39 is 11.6 Å². The molecule has 2 aromatic heterocycles. The van der Waals surface area contributed by atoms with E-state index in [9.17, 15) is 13.6 Å². The van der Waals surface area contributed by atoms with Gasteiger partial charge in [-0.1, -0.05) is 25.7 Å². The summed E-state index contributed by atoms with van der Waals surface area (Å²) in [5.41, 5.74) is 1.89. The van der Waals surface area contributed by atoms with Gasteiger partial charge in [-0.15, -0.1) is 0 Å². The predicted molar refractivity (Wildman–Crippen MR) is 135 cm³/mol. The van der Waals surface area contributed by atoms with Crippen molar-refractivity contribution in [3.8, 4) is 11.3 Å². The van der Waals surface area contributed by atoms with Gasteiger partial charge in [0.2, 0.25) is 0 Å². The van der Waals surface area contributed by atoms with Crippen molar-refractivity contribution in [2.75, 3.05) is 31.5 Å². The Morgan fingerprint density at radius 3 is 2.46 bits per heavy atom. The molecule has 0 amide bonds. The average Bonchev–Trinajstić information content (AvgIpc) is 2.89. The first-order valence-corrected chi connectivity index (χ1v) is 12.9. The molecular weight excluding hydrogens is 448 g/mol. The molecular formula is C27H33F2N5O. The van der Waals surface area contributed by atoms with E-state index in [1.165, 1.54) is 44.6 Å². The van der Waals surface area contributed by atoms with Crippen LogP contribution in [0.25, 0.3) is 22.4 Å². The van der Waals surface area contributed by atoms with Crippen molar-refractivity contribution >= 4 is 17.0 Å². The van der Waals surface area contributed by atoms with Gasteiger partial charge in [-0.25, -0.2) is 18.7 Å². The number of rotatable bonds is 7. The number of piperidine rings is 1. The molecule has 35 heavy (non-hydrogen) atoms. The van der Waals surface area contributed by atoms with E-state index in [-0.39, 0.29) is 5.56 Å². The van der Waals surface area contributed by atoms with Gasteiger partial charge < -0.3 is 10.2 Å². The number of aromatic nitrogens is 3. The fourth-order valence-corrected chi connectivity index (χ4v) is 5.36. The molecule has 5 rings (SSSR count). The molecule has 0 atom stereocenters. The van der Waals surface area contributed by atoms with Gasteiger partial charge in [-0.05, 0) is 75.0 Å². The van der Waals surface area contributed by atoms with E-state index in [0.717, 1.165) is 44.6 Å². The molecule has 0 unspecified atom stereocenters. The second-order valence-corrected chi connectivity index (χ2v) is 9.88. The first-order valence-electron chi connectivity index (χ1n) is 12.9. The first-order chi connectivity index (χ1) is 17.1. The van der Waals surface area contributed by atoms with Crippen molar-refractivity contribution in [2.45, 2.75) is 57.9 Å². The summed E-state index contributed by atoms with van der Waals surface area (Å²) in [5.74, 6) is -1.05. The maximum atomic E-state index is 13.9. The van der Waals surface area contributed by atoms with Crippen LogP contribution in [0.1, 0.15) is 51.4 Å². The zero-order valence-corrected chi connectivity index (χ0v) is 20.1. The first kappa shape index (κ1) is 23.9. The Kier molecular flexibility index (Phi) is 7.37. The number of benzene rings is 1. The third-order valence-corrected chi connectivity index (χ3v) is 7.34. The SMILES string of the molecule is O=c1c(NCCN2CCCCC2)nc2ccc(-c3ccc(F)c(F)c3)nc2n1CC1CCCCC1. The lowest BCUT2D eigenvalue weighted by Crippen LogP contribution is -2.35. The van der Waals surface area contributed by atoms with Crippen molar-refractivity contribution in [3.63, 3.8) is 0 Å². The minimum Gasteiger partial charge on any atom is -0.364 e. The third kappa shape index (κ3) is 5.53. The highest BCUT2D eigenvalue weighted by molar-refractivity contribution is 5.76. The molecule has 0 radical (unpaired) electrons. The van der Waals surface area contributed by atoms with Crippen LogP contribution in [0.2, 0.25) is 0 Å². The number of anilines is 1. The van der Waals surface area contributed by atoms with Gasteiger partial charge in [-0.3, -0.25) is 9.36 Å². The third-order valence-electron chi connectivity index (χ3n) is 7.34. The van der Waals surface area contributed by atoms with Crippen LogP contribution in [0, 0.1) is 17.6 Å². The summed E-state index contributed by atoms with van der Waals surface area (Å²) in [6.07, 6.45) is 9.54. The molecule has 1 aromatic carbocycles. The van der Waals surface area contributed by atoms with E-state index in [1.54, 1.807) is 10.6 Å². The molecule has 2 fully saturated rings. The van der Waals surface area contributed by atoms with E-state index in [0.29, 0.717) is 47.2 Å². The van der Waals surface area contributed by atoms with E-state index in [2.05, 4.69) is 15.2 Å². The van der Waals surface area contributed by atoms with Crippen LogP contribution in [-0.4, -0.2) is 45.6 Å². The topological polar surface area (TPSA) is 63.1 Å². The van der Waals surface area contributed by atoms with Crippen LogP contribution in [0.5, 0.6) is 0 Å². The Bertz CT molecular complexity index is 1230. The number of pyridine rings is 1. The van der Waals surface area contributed by atoms with Gasteiger partial charge in [0.05, 0.1) is 5.69 Å². The van der Waals surface area contributed by atoms with Gasteiger partial charge in [0, 0.05) is 25.2 Å². The molecule has 0 spiro atoms. The summed E-state index contributed by atoms with van der Waals surface area (Å²) in [4.78, 5) is 25.3. The van der Waals surface area contributed by atoms with Crippen LogP contribution in [0.15, 0.2) is 35.1 Å². The summed E-state index contributed by atoms with van der Waals surface area (Å²) in [6.45, 7) is 4.35. The number of halogens is 2. The highest BCUT2D eigenvalue weighted by Crippen LogP contribution is 2.27. The molecule has 1 aliphatic heterocycles. The zero-order valence-electron chi connectivity index (χ0n) is 20.1. The van der Waals surface area contributed by atoms with Crippen molar-refractivity contribution in [3.05, 3.63) is 52.3 Å². The summed E-state index contributed by atoms with van der Waals surface area (Å²) >= 11 is 0. The van der Waals surface area contributed by atoms with Crippen molar-refractivity contribution in [2.24, 2.45) is 5.92 Å². The highest BCUT2D eigenvalue weighted by Gasteiger charge is 2.20. The molecule has 2 aliphatic rings. The average molecular weight is 482 g/mol. The molecule has 3 aromatic rings. The predicted octanol–water partition coefficient (Wildman–Crippen LogP) is 5.21. The molecule has 1 saturated heterocycles. The fourth-order valence-electron chi connectivity index (χ4n) is 5.36. The van der Waals surface area contributed by atoms with Crippen LogP contribution in [0.4, 0.5) is 14.6 Å². The second kappa shape index (κ2) is 10.8. The molecule has 8 heteroatoms. The van der Waals surface area contributed by atoms with Crippen LogP contribution in [0.3, 0.4) is 0 Å². The summed E-state index contributed by atoms with van der Waals surface area (Å²) in [6, 6.07) is 7.29. The van der Waals surface area contributed by atoms with Gasteiger partial charge in [0.25, 0.3) is 5.56 Å². The lowest BCUT2D eigenvalue weighted by Gasteiger charge is -2.26. The summed E-state index contributed by atoms with van der Waals surface area (Å²) in [7, 11) is 0. The smallest absolute Gasteiger partial charge is 0.294 e. The number of hydrogen-bond donors (Lipinski definition) is 1. The second-order valence-electron chi connectivity index (χ2n) is 9.88. The van der Waals surface area contributed by atoms with Crippen molar-refractivity contribution < 1.29 is 8.78 Å². The van der Waals surface area contributed by atoms with E-state index in [1.807, 2.05) is 6.07 Å². The Morgan fingerprint density at radius 1 is 0.914 bits per heavy atom. The number of fused-ring (bicyclic) bond motifs is 1. The van der Waals surface area contributed by atoms with E-state index >= 15 is 0 Å². The lowest BCUT2D eigenvalue weighted by atomic mass is 9.89. The minimum absolute atomic E-state index is 0.170. The molecule has 1 N–H and O–H groups in total. The number of nitrogens with zero attached hydrogens (tertiary/aromatic N) is 4. The standard InChI is InChI=1S/C27H33F2N5O/c28-21-10-9-20(17-22(21)29)23-11-12-24-26(32-23)34(18-19-7-3-1-4-8-19)27(35)25(31-24)30-13-16-33-14-5-2-6-15-33/h9-12,17,19H,1-8,13-16,18H2,(H,30,31). The van der Waals surface area contributed by atoms with Crippen molar-refractivity contribution in [1.82, 2.24) is 19.4 Å². The van der Waals surface area contributed by atoms with Crippen LogP contribution >= 0.6 is 0 Å². The molecule has 6 nitrogen and oxygen atoms in total. The molecule has 1 saturated carbocycles. The van der Waals surface area contributed by atoms with Gasteiger partial charge >= 0.3 is 0 Å². The minimum atomic E-state index is -0.921. The largest absolute Gasteiger partial charge is 0.364 e. The number of hydrogen-bond acceptors (Lipinski definition) is 5. The molecule has 1 aliphatic carbocycles. The lowest BCUT2D eigenvalue weighted by molar-refractivity contribution is 0.237. The summed E-state index contributed by atoms with van der Waals surface area (Å²) in [5, 5.41) is 3.28. The normalized spacial score (nSPS) is 17.7. The van der Waals surface area contributed by atoms with Gasteiger partial charge in [-0.2, -0.15) is 0 Å². The number of nitrogens with one attached hydrogen (secondary N) is 1. The monoisotopic (exact) mass is 481 g/mol. The maximum Gasteiger partial charge on any atom is 0.294 e. The summed E-state index contributed by atoms with van der Waals surface area (Å²) < 4.78 is 29.0. The van der Waals surface area contributed by atoms with E-state index in [4.69, 9.17) is 4.98 Å². The number of likely N-dealkylation sites (tertiary alicyclic amines) is 1. The maximum absolute atomic E-state index is 13.9. The Balaban J connectivity index is 1.47. The van der Waals surface area contributed by atoms with Crippen molar-refractivity contribution in [1.29, 1.82) is 0 Å². The fraction of sp³-hybridized carbons (Fsp3) is 0.519. The van der Waals surface area contributed by atoms with Crippen LogP contribution < -0.4 is 10.9 Å². The quantitative estimate of drug-likeness (QED) is 0.502. The Morgan fingerprint density at radius 2 is 1.69 bits per heavy atom. The zero-order chi connectivity index (χ0) is 24.2. The highest BCUT2D eigenvalue weighted by atomic mass is 19.2. The Hall–Kier alpha value is -2.87. The molecule has 186 valence electrons. The van der Waals surface area contributed by atoms with Crippen LogP contribution in [-0.2, 0) is 6.54 Å².